The molecule has 0 radical (unpaired) electrons. The summed E-state index contributed by atoms with van der Waals surface area (Å²) in [4.78, 5) is 20.2. The molecule has 6 nitrogen and oxygen atoms in total. The number of carbonyl (C=O) groups is 1. The Kier molecular flexibility index (Phi) is 4.80. The first-order valence-electron chi connectivity index (χ1n) is 7.41. The standard InChI is InChI=1S/C18H11F2N5O/c19-13-6-5-12(7-14(13)20)24-17-10-22-16(9-23-17)18(26)25-15-4-2-1-3-11(15)8-21/h1-7,9-10H,(H,23,24)(H,25,26). The van der Waals surface area contributed by atoms with E-state index in [1.165, 1.54) is 18.5 Å². The molecule has 26 heavy (non-hydrogen) atoms. The maximum atomic E-state index is 13.2. The highest BCUT2D eigenvalue weighted by Crippen LogP contribution is 2.18. The van der Waals surface area contributed by atoms with Crippen molar-refractivity contribution >= 4 is 23.1 Å². The van der Waals surface area contributed by atoms with E-state index < -0.39 is 17.5 Å². The fourth-order valence-corrected chi connectivity index (χ4v) is 2.11. The number of amides is 1. The number of nitrogens with zero attached hydrogens (tertiary/aromatic N) is 3. The van der Waals surface area contributed by atoms with Gasteiger partial charge >= 0.3 is 0 Å². The summed E-state index contributed by atoms with van der Waals surface area (Å²) in [6.07, 6.45) is 2.51. The van der Waals surface area contributed by atoms with Crippen LogP contribution in [0, 0.1) is 23.0 Å². The fraction of sp³-hybridized carbons (Fsp3) is 0. The van der Waals surface area contributed by atoms with E-state index in [0.29, 0.717) is 16.9 Å². The van der Waals surface area contributed by atoms with Gasteiger partial charge in [-0.25, -0.2) is 18.7 Å². The van der Waals surface area contributed by atoms with Crippen molar-refractivity contribution in [3.8, 4) is 6.07 Å². The first-order chi connectivity index (χ1) is 12.6. The number of hydrogen-bond acceptors (Lipinski definition) is 5. The van der Waals surface area contributed by atoms with Crippen molar-refractivity contribution in [3.63, 3.8) is 0 Å². The lowest BCUT2D eigenvalue weighted by Gasteiger charge is -2.08. The lowest BCUT2D eigenvalue weighted by Crippen LogP contribution is -2.15. The molecule has 3 rings (SSSR count). The Morgan fingerprint density at radius 2 is 1.85 bits per heavy atom. The zero-order chi connectivity index (χ0) is 18.5. The molecule has 0 fully saturated rings. The molecule has 128 valence electrons. The van der Waals surface area contributed by atoms with Gasteiger partial charge in [-0.2, -0.15) is 5.26 Å². The molecule has 0 aliphatic heterocycles. The fourth-order valence-electron chi connectivity index (χ4n) is 2.11. The molecule has 1 heterocycles. The molecule has 8 heteroatoms. The van der Waals surface area contributed by atoms with Crippen molar-refractivity contribution in [1.29, 1.82) is 5.26 Å². The van der Waals surface area contributed by atoms with Crippen LogP contribution in [0.25, 0.3) is 0 Å². The molecule has 0 saturated heterocycles. The minimum atomic E-state index is -0.991. The summed E-state index contributed by atoms with van der Waals surface area (Å²) in [6.45, 7) is 0. The lowest BCUT2D eigenvalue weighted by molar-refractivity contribution is 0.102. The number of rotatable bonds is 4. The summed E-state index contributed by atoms with van der Waals surface area (Å²) in [5.74, 6) is -2.22. The van der Waals surface area contributed by atoms with E-state index in [0.717, 1.165) is 12.1 Å². The number of carbonyl (C=O) groups excluding carboxylic acids is 1. The number of para-hydroxylation sites is 1. The van der Waals surface area contributed by atoms with Crippen LogP contribution in [0.2, 0.25) is 0 Å². The number of nitrogens with one attached hydrogen (secondary N) is 2. The molecule has 0 atom stereocenters. The van der Waals surface area contributed by atoms with Gasteiger partial charge in [-0.3, -0.25) is 4.79 Å². The lowest BCUT2D eigenvalue weighted by atomic mass is 10.2. The Labute approximate surface area is 147 Å². The smallest absolute Gasteiger partial charge is 0.275 e. The molecule has 1 amide bonds. The largest absolute Gasteiger partial charge is 0.339 e. The van der Waals surface area contributed by atoms with Crippen LogP contribution >= 0.6 is 0 Å². The van der Waals surface area contributed by atoms with Crippen molar-refractivity contribution in [1.82, 2.24) is 9.97 Å². The predicted octanol–water partition coefficient (Wildman–Crippen LogP) is 3.62. The number of hydrogen-bond donors (Lipinski definition) is 2. The monoisotopic (exact) mass is 351 g/mol. The normalized spacial score (nSPS) is 10.0. The van der Waals surface area contributed by atoms with E-state index in [1.807, 2.05) is 6.07 Å². The maximum absolute atomic E-state index is 13.2. The van der Waals surface area contributed by atoms with E-state index in [9.17, 15) is 13.6 Å². The van der Waals surface area contributed by atoms with E-state index in [-0.39, 0.29) is 11.5 Å². The molecular weight excluding hydrogens is 340 g/mol. The summed E-state index contributed by atoms with van der Waals surface area (Å²) in [7, 11) is 0. The highest BCUT2D eigenvalue weighted by Gasteiger charge is 2.11. The summed E-state index contributed by atoms with van der Waals surface area (Å²) >= 11 is 0. The predicted molar refractivity (Wildman–Crippen MR) is 90.8 cm³/mol. The second kappa shape index (κ2) is 7.36. The first kappa shape index (κ1) is 17.0. The van der Waals surface area contributed by atoms with Crippen molar-refractivity contribution in [2.24, 2.45) is 0 Å². The van der Waals surface area contributed by atoms with Crippen molar-refractivity contribution in [2.75, 3.05) is 10.6 Å². The van der Waals surface area contributed by atoms with Crippen LogP contribution in [-0.2, 0) is 0 Å². The van der Waals surface area contributed by atoms with Gasteiger partial charge in [-0.1, -0.05) is 12.1 Å². The van der Waals surface area contributed by atoms with Gasteiger partial charge < -0.3 is 10.6 Å². The van der Waals surface area contributed by atoms with E-state index >= 15 is 0 Å². The van der Waals surface area contributed by atoms with Gasteiger partial charge in [0.25, 0.3) is 5.91 Å². The average molecular weight is 351 g/mol. The highest BCUT2D eigenvalue weighted by atomic mass is 19.2. The zero-order valence-electron chi connectivity index (χ0n) is 13.2. The molecule has 0 unspecified atom stereocenters. The van der Waals surface area contributed by atoms with Crippen LogP contribution in [-0.4, -0.2) is 15.9 Å². The number of aromatic nitrogens is 2. The maximum Gasteiger partial charge on any atom is 0.275 e. The van der Waals surface area contributed by atoms with Crippen LogP contribution in [0.4, 0.5) is 26.0 Å². The van der Waals surface area contributed by atoms with Crippen LogP contribution in [0.1, 0.15) is 16.1 Å². The van der Waals surface area contributed by atoms with Gasteiger partial charge in [0.15, 0.2) is 11.6 Å². The van der Waals surface area contributed by atoms with Crippen molar-refractivity contribution in [2.45, 2.75) is 0 Å². The number of anilines is 3. The molecule has 0 spiro atoms. The Balaban J connectivity index is 1.71. The quantitative estimate of drug-likeness (QED) is 0.749. The zero-order valence-corrected chi connectivity index (χ0v) is 13.2. The third-order valence-corrected chi connectivity index (χ3v) is 3.37. The minimum absolute atomic E-state index is 0.0357. The van der Waals surface area contributed by atoms with Crippen LogP contribution < -0.4 is 10.6 Å². The third kappa shape index (κ3) is 3.79. The van der Waals surface area contributed by atoms with Gasteiger partial charge in [0.1, 0.15) is 17.6 Å². The van der Waals surface area contributed by atoms with Gasteiger partial charge in [0.05, 0.1) is 23.6 Å². The SMILES string of the molecule is N#Cc1ccccc1NC(=O)c1cnc(Nc2ccc(F)c(F)c2)cn1. The molecule has 2 aromatic carbocycles. The van der Waals surface area contributed by atoms with E-state index in [4.69, 9.17) is 5.26 Å². The molecule has 3 aromatic rings. The Bertz CT molecular complexity index is 999. The molecular formula is C18H11F2N5O. The number of nitriles is 1. The Morgan fingerprint density at radius 1 is 1.04 bits per heavy atom. The Hall–Kier alpha value is -3.86. The van der Waals surface area contributed by atoms with Gasteiger partial charge in [0, 0.05) is 11.8 Å². The molecule has 0 saturated carbocycles. The molecule has 0 bridgehead atoms. The highest BCUT2D eigenvalue weighted by molar-refractivity contribution is 6.03. The van der Waals surface area contributed by atoms with Crippen LogP contribution in [0.3, 0.4) is 0 Å². The van der Waals surface area contributed by atoms with Crippen LogP contribution in [0.15, 0.2) is 54.9 Å². The van der Waals surface area contributed by atoms with Gasteiger partial charge in [-0.05, 0) is 24.3 Å². The number of halogens is 2. The minimum Gasteiger partial charge on any atom is -0.339 e. The van der Waals surface area contributed by atoms with Crippen molar-refractivity contribution < 1.29 is 13.6 Å². The molecule has 1 aromatic heterocycles. The molecule has 0 aliphatic carbocycles. The number of benzene rings is 2. The Morgan fingerprint density at radius 3 is 2.54 bits per heavy atom. The van der Waals surface area contributed by atoms with Gasteiger partial charge in [-0.15, -0.1) is 0 Å². The topological polar surface area (TPSA) is 90.7 Å². The van der Waals surface area contributed by atoms with Crippen LogP contribution in [0.5, 0.6) is 0 Å². The summed E-state index contributed by atoms with van der Waals surface area (Å²) in [5, 5.41) is 14.4. The summed E-state index contributed by atoms with van der Waals surface area (Å²) in [6, 6.07) is 11.9. The molecule has 2 N–H and O–H groups in total. The summed E-state index contributed by atoms with van der Waals surface area (Å²) in [5.41, 5.74) is 1.02. The van der Waals surface area contributed by atoms with E-state index in [2.05, 4.69) is 20.6 Å². The van der Waals surface area contributed by atoms with E-state index in [1.54, 1.807) is 24.3 Å². The summed E-state index contributed by atoms with van der Waals surface area (Å²) < 4.78 is 26.1. The van der Waals surface area contributed by atoms with Gasteiger partial charge in [0.2, 0.25) is 0 Å². The third-order valence-electron chi connectivity index (χ3n) is 3.37. The molecule has 0 aliphatic rings. The second-order valence-electron chi connectivity index (χ2n) is 5.15. The first-order valence-corrected chi connectivity index (χ1v) is 7.41. The second-order valence-corrected chi connectivity index (χ2v) is 5.15. The van der Waals surface area contributed by atoms with Crippen molar-refractivity contribution in [3.05, 3.63) is 77.8 Å². The average Bonchev–Trinajstić information content (AvgIpc) is 2.66.